The minimum Gasteiger partial charge on any atom is -0.494 e. The fourth-order valence-corrected chi connectivity index (χ4v) is 6.15. The van der Waals surface area contributed by atoms with E-state index in [2.05, 4.69) is 10.6 Å². The third-order valence-electron chi connectivity index (χ3n) is 7.57. The maximum atomic E-state index is 13.8. The van der Waals surface area contributed by atoms with Gasteiger partial charge in [-0.05, 0) is 75.2 Å². The molecule has 1 spiro atoms. The van der Waals surface area contributed by atoms with Gasteiger partial charge >= 0.3 is 0 Å². The standard InChI is InChI=1S/C27H30ClN3O6/c1-3-36-19-10-8-18(9-11-19)29-24(33)21-20-12-13-27(37-20)22(21)26(35)31(15(2)14-32)23(27)25(34)30-17-6-4-16(28)5-7-17/h4-11,15,20-23,32H,3,12-14H2,1-2H3,(H,29,33)(H,30,34)/t15-,20-,21+,22+,23?,27?/m1/s1. The van der Waals surface area contributed by atoms with Crippen molar-refractivity contribution in [3.8, 4) is 5.75 Å². The summed E-state index contributed by atoms with van der Waals surface area (Å²) in [7, 11) is 0. The molecule has 3 N–H and O–H groups in total. The number of likely N-dealkylation sites (tertiary alicyclic amines) is 1. The van der Waals surface area contributed by atoms with Crippen molar-refractivity contribution >= 4 is 40.7 Å². The number of aliphatic hydroxyl groups excluding tert-OH is 1. The van der Waals surface area contributed by atoms with Crippen molar-refractivity contribution in [3.05, 3.63) is 53.6 Å². The van der Waals surface area contributed by atoms with Gasteiger partial charge in [0.2, 0.25) is 17.7 Å². The molecule has 196 valence electrons. The first-order chi connectivity index (χ1) is 17.8. The molecular formula is C27H30ClN3O6. The number of carbonyl (C=O) groups is 3. The van der Waals surface area contributed by atoms with Gasteiger partial charge in [0.25, 0.3) is 0 Å². The summed E-state index contributed by atoms with van der Waals surface area (Å²) in [6, 6.07) is 12.0. The zero-order valence-electron chi connectivity index (χ0n) is 20.6. The lowest BCUT2D eigenvalue weighted by atomic mass is 9.70. The van der Waals surface area contributed by atoms with Crippen LogP contribution < -0.4 is 15.4 Å². The summed E-state index contributed by atoms with van der Waals surface area (Å²) in [6.07, 6.45) is 0.542. The molecule has 3 fully saturated rings. The van der Waals surface area contributed by atoms with Crippen molar-refractivity contribution in [1.82, 2.24) is 4.90 Å². The Hall–Kier alpha value is -3.14. The molecule has 0 saturated carbocycles. The highest BCUT2D eigenvalue weighted by atomic mass is 35.5. The van der Waals surface area contributed by atoms with Crippen LogP contribution in [0.2, 0.25) is 5.02 Å². The quantitative estimate of drug-likeness (QED) is 0.486. The third-order valence-corrected chi connectivity index (χ3v) is 7.82. The Labute approximate surface area is 220 Å². The third kappa shape index (κ3) is 4.35. The summed E-state index contributed by atoms with van der Waals surface area (Å²) in [4.78, 5) is 42.3. The van der Waals surface area contributed by atoms with E-state index in [0.29, 0.717) is 41.6 Å². The molecule has 37 heavy (non-hydrogen) atoms. The second-order valence-electron chi connectivity index (χ2n) is 9.78. The van der Waals surface area contributed by atoms with E-state index >= 15 is 0 Å². The summed E-state index contributed by atoms with van der Waals surface area (Å²) in [5, 5.41) is 16.2. The van der Waals surface area contributed by atoms with Crippen LogP contribution in [0.25, 0.3) is 0 Å². The van der Waals surface area contributed by atoms with Gasteiger partial charge in [0.1, 0.15) is 17.4 Å². The van der Waals surface area contributed by atoms with E-state index in [1.165, 1.54) is 4.90 Å². The van der Waals surface area contributed by atoms with E-state index in [-0.39, 0.29) is 18.4 Å². The van der Waals surface area contributed by atoms with Crippen molar-refractivity contribution in [3.63, 3.8) is 0 Å². The maximum absolute atomic E-state index is 13.8. The highest BCUT2D eigenvalue weighted by molar-refractivity contribution is 6.30. The molecule has 3 amide bonds. The predicted octanol–water partition coefficient (Wildman–Crippen LogP) is 3.07. The second kappa shape index (κ2) is 9.96. The van der Waals surface area contributed by atoms with E-state index < -0.39 is 41.5 Å². The van der Waals surface area contributed by atoms with Gasteiger partial charge < -0.3 is 30.1 Å². The van der Waals surface area contributed by atoms with Crippen LogP contribution in [-0.2, 0) is 19.1 Å². The number of anilines is 2. The Balaban J connectivity index is 1.43. The first kappa shape index (κ1) is 25.5. The first-order valence-electron chi connectivity index (χ1n) is 12.5. The zero-order chi connectivity index (χ0) is 26.3. The summed E-state index contributed by atoms with van der Waals surface area (Å²) in [5.74, 6) is -2.00. The van der Waals surface area contributed by atoms with E-state index in [0.717, 1.165) is 0 Å². The van der Waals surface area contributed by atoms with Crippen molar-refractivity contribution in [2.75, 3.05) is 23.8 Å². The Bertz CT molecular complexity index is 1190. The minimum atomic E-state index is -1.15. The number of amides is 3. The van der Waals surface area contributed by atoms with Crippen LogP contribution >= 0.6 is 11.6 Å². The lowest BCUT2D eigenvalue weighted by Crippen LogP contribution is -2.55. The van der Waals surface area contributed by atoms with E-state index in [1.807, 2.05) is 6.92 Å². The largest absolute Gasteiger partial charge is 0.494 e. The van der Waals surface area contributed by atoms with Crippen molar-refractivity contribution in [2.45, 2.75) is 50.5 Å². The van der Waals surface area contributed by atoms with Crippen LogP contribution in [-0.4, -0.2) is 64.7 Å². The number of nitrogens with zero attached hydrogens (tertiary/aromatic N) is 1. The molecule has 9 nitrogen and oxygen atoms in total. The molecule has 3 saturated heterocycles. The number of benzene rings is 2. The van der Waals surface area contributed by atoms with Crippen molar-refractivity contribution < 1.29 is 29.0 Å². The minimum absolute atomic E-state index is 0.328. The molecule has 0 aromatic heterocycles. The van der Waals surface area contributed by atoms with Gasteiger partial charge in [-0.2, -0.15) is 0 Å². The van der Waals surface area contributed by atoms with Crippen LogP contribution in [0, 0.1) is 11.8 Å². The van der Waals surface area contributed by atoms with Crippen LogP contribution in [0.3, 0.4) is 0 Å². The van der Waals surface area contributed by atoms with Crippen LogP contribution in [0.4, 0.5) is 11.4 Å². The molecule has 2 aromatic rings. The van der Waals surface area contributed by atoms with Crippen molar-refractivity contribution in [2.24, 2.45) is 11.8 Å². The van der Waals surface area contributed by atoms with Gasteiger partial charge in [-0.15, -0.1) is 0 Å². The molecule has 2 aromatic carbocycles. The highest BCUT2D eigenvalue weighted by Gasteiger charge is 2.74. The Morgan fingerprint density at radius 1 is 1.14 bits per heavy atom. The number of hydrogen-bond donors (Lipinski definition) is 3. The maximum Gasteiger partial charge on any atom is 0.250 e. The van der Waals surface area contributed by atoms with Crippen LogP contribution in [0.5, 0.6) is 5.75 Å². The van der Waals surface area contributed by atoms with Crippen LogP contribution in [0.15, 0.2) is 48.5 Å². The van der Waals surface area contributed by atoms with E-state index in [1.54, 1.807) is 55.5 Å². The number of carbonyl (C=O) groups excluding carboxylic acids is 3. The molecule has 3 aliphatic rings. The molecule has 2 unspecified atom stereocenters. The number of hydrogen-bond acceptors (Lipinski definition) is 6. The zero-order valence-corrected chi connectivity index (χ0v) is 21.4. The summed E-state index contributed by atoms with van der Waals surface area (Å²) in [5.41, 5.74) is -0.0494. The number of nitrogens with one attached hydrogen (secondary N) is 2. The molecule has 6 atom stereocenters. The van der Waals surface area contributed by atoms with Gasteiger partial charge in [0.05, 0.1) is 37.2 Å². The number of rotatable bonds is 8. The van der Waals surface area contributed by atoms with Gasteiger partial charge in [-0.1, -0.05) is 11.6 Å². The molecule has 2 bridgehead atoms. The topological polar surface area (TPSA) is 117 Å². The molecular weight excluding hydrogens is 498 g/mol. The lowest BCUT2D eigenvalue weighted by molar-refractivity contribution is -0.142. The summed E-state index contributed by atoms with van der Waals surface area (Å²) >= 11 is 5.97. The van der Waals surface area contributed by atoms with Gasteiger partial charge in [-0.25, -0.2) is 0 Å². The normalized spacial score (nSPS) is 28.6. The Morgan fingerprint density at radius 2 is 1.76 bits per heavy atom. The molecule has 0 aliphatic carbocycles. The molecule has 3 aliphatic heterocycles. The van der Waals surface area contributed by atoms with E-state index in [9.17, 15) is 19.5 Å². The highest BCUT2D eigenvalue weighted by Crippen LogP contribution is 2.59. The first-order valence-corrected chi connectivity index (χ1v) is 12.9. The van der Waals surface area contributed by atoms with Gasteiger partial charge in [0.15, 0.2) is 0 Å². The number of aliphatic hydroxyl groups is 1. The van der Waals surface area contributed by atoms with E-state index in [4.69, 9.17) is 21.1 Å². The summed E-state index contributed by atoms with van der Waals surface area (Å²) in [6.45, 7) is 3.78. The van der Waals surface area contributed by atoms with Gasteiger partial charge in [-0.3, -0.25) is 14.4 Å². The number of ether oxygens (including phenoxy) is 2. The Morgan fingerprint density at radius 3 is 2.38 bits per heavy atom. The monoisotopic (exact) mass is 527 g/mol. The fourth-order valence-electron chi connectivity index (χ4n) is 6.02. The Kier molecular flexibility index (Phi) is 6.87. The average Bonchev–Trinajstić information content (AvgIpc) is 3.53. The smallest absolute Gasteiger partial charge is 0.250 e. The fraction of sp³-hybridized carbons (Fsp3) is 0.444. The molecule has 10 heteroatoms. The second-order valence-corrected chi connectivity index (χ2v) is 10.2. The molecule has 3 heterocycles. The average molecular weight is 528 g/mol. The molecule has 0 radical (unpaired) electrons. The van der Waals surface area contributed by atoms with Crippen molar-refractivity contribution in [1.29, 1.82) is 0 Å². The lowest BCUT2D eigenvalue weighted by Gasteiger charge is -2.35. The van der Waals surface area contributed by atoms with Gasteiger partial charge in [0, 0.05) is 16.4 Å². The summed E-state index contributed by atoms with van der Waals surface area (Å²) < 4.78 is 11.8. The predicted molar refractivity (Wildman–Crippen MR) is 137 cm³/mol. The number of fused-ring (bicyclic) bond motifs is 1. The SMILES string of the molecule is CCOc1ccc(NC(=O)[C@@H]2[C@H]3C(=O)N([C@H](C)CO)C(C(=O)Nc4ccc(Cl)cc4)C34CC[C@H]2O4)cc1. The molecule has 5 rings (SSSR count). The van der Waals surface area contributed by atoms with Crippen LogP contribution in [0.1, 0.15) is 26.7 Å². The number of halogens is 1.